The lowest BCUT2D eigenvalue weighted by Crippen LogP contribution is -2.29. The van der Waals surface area contributed by atoms with E-state index in [0.717, 1.165) is 77.0 Å². The van der Waals surface area contributed by atoms with Crippen molar-refractivity contribution in [3.05, 3.63) is 0 Å². The van der Waals surface area contributed by atoms with E-state index in [2.05, 4.69) is 26.1 Å². The number of amides is 1. The summed E-state index contributed by atoms with van der Waals surface area (Å²) in [5.41, 5.74) is 0. The van der Waals surface area contributed by atoms with Crippen molar-refractivity contribution in [1.82, 2.24) is 5.32 Å². The fraction of sp³-hybridized carbons (Fsp3) is 0.915. The van der Waals surface area contributed by atoms with Crippen LogP contribution >= 0.6 is 0 Å². The van der Waals surface area contributed by atoms with E-state index in [4.69, 9.17) is 18.9 Å². The predicted molar refractivity (Wildman–Crippen MR) is 230 cm³/mol. The Balaban J connectivity index is 3.82. The molecule has 330 valence electrons. The third kappa shape index (κ3) is 39.9. The zero-order chi connectivity index (χ0) is 41.2. The fourth-order valence-corrected chi connectivity index (χ4v) is 6.75. The highest BCUT2D eigenvalue weighted by Gasteiger charge is 2.15. The Morgan fingerprint density at radius 3 is 1.25 bits per heavy atom. The lowest BCUT2D eigenvalue weighted by atomic mass is 10.0. The Bertz CT molecular complexity index is 897. The van der Waals surface area contributed by atoms with Crippen molar-refractivity contribution in [3.8, 4) is 0 Å². The first-order valence-corrected chi connectivity index (χ1v) is 23.7. The molecule has 0 rings (SSSR count). The minimum atomic E-state index is -0.284. The maximum absolute atomic E-state index is 12.5. The van der Waals surface area contributed by atoms with Crippen molar-refractivity contribution in [2.75, 3.05) is 26.4 Å². The second-order valence-electron chi connectivity index (χ2n) is 16.3. The highest BCUT2D eigenvalue weighted by molar-refractivity contribution is 5.70. The minimum absolute atomic E-state index is 0.0186. The first-order valence-electron chi connectivity index (χ1n) is 23.7. The number of hydrogen-bond donors (Lipinski definition) is 1. The van der Waals surface area contributed by atoms with Gasteiger partial charge in [0.05, 0.1) is 19.8 Å². The largest absolute Gasteiger partial charge is 0.466 e. The zero-order valence-electron chi connectivity index (χ0n) is 37.1. The van der Waals surface area contributed by atoms with E-state index in [1.165, 1.54) is 103 Å². The molecule has 0 radical (unpaired) electrons. The maximum Gasteiger partial charge on any atom is 0.407 e. The molecule has 1 N–H and O–H groups in total. The molecule has 0 aromatic carbocycles. The standard InChI is InChI=1S/C47H89NO8/c1-5-8-11-14-17-18-24-32-39-53-44(49)35-29-25-30-37-46(51)55-41-42(4)40-54-45(50)36-28-22-19-23-31-38-48-47(52)56-43(33-26-20-15-12-9-6-2)34-27-21-16-13-10-7-3/h42-43H,5-41H2,1-4H3,(H,48,52). The summed E-state index contributed by atoms with van der Waals surface area (Å²) >= 11 is 0. The van der Waals surface area contributed by atoms with Crippen LogP contribution in [0, 0.1) is 5.92 Å². The van der Waals surface area contributed by atoms with Crippen LogP contribution in [0.25, 0.3) is 0 Å². The molecule has 0 aliphatic carbocycles. The van der Waals surface area contributed by atoms with Crippen LogP contribution in [0.5, 0.6) is 0 Å². The molecule has 9 nitrogen and oxygen atoms in total. The highest BCUT2D eigenvalue weighted by atomic mass is 16.6. The topological polar surface area (TPSA) is 117 Å². The van der Waals surface area contributed by atoms with Crippen LogP contribution in [0.2, 0.25) is 0 Å². The monoisotopic (exact) mass is 796 g/mol. The minimum Gasteiger partial charge on any atom is -0.466 e. The Labute approximate surface area is 344 Å². The van der Waals surface area contributed by atoms with Crippen molar-refractivity contribution in [2.24, 2.45) is 5.92 Å². The van der Waals surface area contributed by atoms with Crippen LogP contribution in [-0.4, -0.2) is 56.5 Å². The predicted octanol–water partition coefficient (Wildman–Crippen LogP) is 13.3. The van der Waals surface area contributed by atoms with Crippen molar-refractivity contribution in [1.29, 1.82) is 0 Å². The normalized spacial score (nSPS) is 11.7. The summed E-state index contributed by atoms with van der Waals surface area (Å²) in [7, 11) is 0. The van der Waals surface area contributed by atoms with Crippen LogP contribution in [0.15, 0.2) is 0 Å². The van der Waals surface area contributed by atoms with E-state index >= 15 is 0 Å². The number of nitrogens with one attached hydrogen (secondary N) is 1. The van der Waals surface area contributed by atoms with Crippen molar-refractivity contribution in [2.45, 2.75) is 246 Å². The summed E-state index contributed by atoms with van der Waals surface area (Å²) in [6.07, 6.45) is 34.2. The van der Waals surface area contributed by atoms with Crippen molar-refractivity contribution in [3.63, 3.8) is 0 Å². The van der Waals surface area contributed by atoms with Gasteiger partial charge in [0.15, 0.2) is 0 Å². The van der Waals surface area contributed by atoms with Crippen LogP contribution in [-0.2, 0) is 33.3 Å². The third-order valence-electron chi connectivity index (χ3n) is 10.4. The molecule has 1 amide bonds. The van der Waals surface area contributed by atoms with Gasteiger partial charge in [0.1, 0.15) is 6.10 Å². The SMILES string of the molecule is CCCCCCCCCCOC(=O)CCCCCC(=O)OCC(C)COC(=O)CCCCCCCNC(=O)OC(CCCCCCCC)CCCCCCCC. The summed E-state index contributed by atoms with van der Waals surface area (Å²) < 4.78 is 21.9. The first kappa shape index (κ1) is 53.7. The summed E-state index contributed by atoms with van der Waals surface area (Å²) in [5.74, 6) is -0.703. The molecule has 0 saturated heterocycles. The van der Waals surface area contributed by atoms with E-state index in [1.54, 1.807) is 0 Å². The van der Waals surface area contributed by atoms with E-state index in [1.807, 2.05) is 6.92 Å². The maximum atomic E-state index is 12.5. The van der Waals surface area contributed by atoms with E-state index < -0.39 is 0 Å². The summed E-state index contributed by atoms with van der Waals surface area (Å²) in [6, 6.07) is 0. The quantitative estimate of drug-likeness (QED) is 0.0369. The first-order chi connectivity index (χ1) is 27.3. The molecule has 9 heteroatoms. The Kier molecular flexibility index (Phi) is 40.5. The molecular formula is C47H89NO8. The molecule has 0 aliphatic rings. The number of ether oxygens (including phenoxy) is 4. The van der Waals surface area contributed by atoms with Gasteiger partial charge in [0.25, 0.3) is 0 Å². The van der Waals surface area contributed by atoms with E-state index in [0.29, 0.717) is 45.3 Å². The van der Waals surface area contributed by atoms with Gasteiger partial charge in [-0.25, -0.2) is 4.79 Å². The molecule has 1 atom stereocenters. The van der Waals surface area contributed by atoms with Crippen LogP contribution < -0.4 is 5.32 Å². The number of alkyl carbamates (subject to hydrolysis) is 1. The van der Waals surface area contributed by atoms with Gasteiger partial charge >= 0.3 is 24.0 Å². The second-order valence-corrected chi connectivity index (χ2v) is 16.3. The van der Waals surface area contributed by atoms with Gasteiger partial charge in [0.2, 0.25) is 0 Å². The number of carbonyl (C=O) groups is 4. The van der Waals surface area contributed by atoms with Gasteiger partial charge in [-0.1, -0.05) is 163 Å². The fourth-order valence-electron chi connectivity index (χ4n) is 6.75. The van der Waals surface area contributed by atoms with Gasteiger partial charge in [-0.2, -0.15) is 0 Å². The van der Waals surface area contributed by atoms with Crippen LogP contribution in [0.4, 0.5) is 4.79 Å². The number of carbonyl (C=O) groups excluding carboxylic acids is 4. The molecule has 0 spiro atoms. The molecule has 1 unspecified atom stereocenters. The molecule has 0 bridgehead atoms. The van der Waals surface area contributed by atoms with Crippen molar-refractivity contribution >= 4 is 24.0 Å². The van der Waals surface area contributed by atoms with Gasteiger partial charge < -0.3 is 24.3 Å². The molecule has 56 heavy (non-hydrogen) atoms. The lowest BCUT2D eigenvalue weighted by Gasteiger charge is -2.18. The molecule has 0 aliphatic heterocycles. The Morgan fingerprint density at radius 2 is 0.786 bits per heavy atom. The highest BCUT2D eigenvalue weighted by Crippen LogP contribution is 2.17. The molecular weight excluding hydrogens is 707 g/mol. The van der Waals surface area contributed by atoms with Gasteiger partial charge in [0, 0.05) is 31.7 Å². The molecule has 0 aromatic rings. The average Bonchev–Trinajstić information content (AvgIpc) is 3.18. The summed E-state index contributed by atoms with van der Waals surface area (Å²) in [4.78, 5) is 48.8. The molecule has 0 heterocycles. The molecule has 0 saturated carbocycles. The zero-order valence-corrected chi connectivity index (χ0v) is 37.1. The number of hydrogen-bond acceptors (Lipinski definition) is 8. The number of rotatable bonds is 42. The van der Waals surface area contributed by atoms with Gasteiger partial charge in [-0.15, -0.1) is 0 Å². The molecule has 0 fully saturated rings. The third-order valence-corrected chi connectivity index (χ3v) is 10.4. The van der Waals surface area contributed by atoms with E-state index in [9.17, 15) is 19.2 Å². The lowest BCUT2D eigenvalue weighted by molar-refractivity contribution is -0.148. The van der Waals surface area contributed by atoms with Gasteiger partial charge in [-0.05, 0) is 57.8 Å². The van der Waals surface area contributed by atoms with Crippen molar-refractivity contribution < 1.29 is 38.1 Å². The Hall–Kier alpha value is -2.32. The van der Waals surface area contributed by atoms with Crippen LogP contribution in [0.3, 0.4) is 0 Å². The van der Waals surface area contributed by atoms with E-state index in [-0.39, 0.29) is 49.2 Å². The number of unbranched alkanes of at least 4 members (excludes halogenated alkanes) is 23. The Morgan fingerprint density at radius 1 is 0.429 bits per heavy atom. The van der Waals surface area contributed by atoms with Gasteiger partial charge in [-0.3, -0.25) is 14.4 Å². The molecule has 0 aromatic heterocycles. The second kappa shape index (κ2) is 42.3. The average molecular weight is 796 g/mol. The summed E-state index contributed by atoms with van der Waals surface area (Å²) in [6.45, 7) is 10.2. The summed E-state index contributed by atoms with van der Waals surface area (Å²) in [5, 5.41) is 2.95. The van der Waals surface area contributed by atoms with Crippen LogP contribution in [0.1, 0.15) is 240 Å². The smallest absolute Gasteiger partial charge is 0.407 e. The number of esters is 3.